The highest BCUT2D eigenvalue weighted by molar-refractivity contribution is 7.80. The monoisotopic (exact) mass is 321 g/mol. The number of carbonyl (C=O) groups is 1. The Hall–Kier alpha value is -1.92. The number of nitrogens with one attached hydrogen (secondary N) is 3. The number of benzene rings is 1. The summed E-state index contributed by atoms with van der Waals surface area (Å²) < 4.78 is 4.99. The molecule has 5 nitrogen and oxygen atoms in total. The summed E-state index contributed by atoms with van der Waals surface area (Å²) in [6.07, 6.45) is 4.20. The highest BCUT2D eigenvalue weighted by Gasteiger charge is 2.03. The van der Waals surface area contributed by atoms with Gasteiger partial charge in [0.15, 0.2) is 5.11 Å². The molecular formula is C16H23N3O2S. The van der Waals surface area contributed by atoms with Crippen molar-refractivity contribution in [1.82, 2.24) is 16.2 Å². The second kappa shape index (κ2) is 9.92. The van der Waals surface area contributed by atoms with Crippen LogP contribution in [-0.2, 0) is 16.0 Å². The first-order valence-corrected chi connectivity index (χ1v) is 7.58. The van der Waals surface area contributed by atoms with Gasteiger partial charge >= 0.3 is 0 Å². The zero-order chi connectivity index (χ0) is 16.4. The Kier molecular flexibility index (Phi) is 8.17. The molecule has 1 aromatic rings. The fraction of sp³-hybridized carbons (Fsp3) is 0.375. The highest BCUT2D eigenvalue weighted by atomic mass is 32.1. The number of amides is 1. The van der Waals surface area contributed by atoms with Crippen LogP contribution in [0.4, 0.5) is 0 Å². The third-order valence-electron chi connectivity index (χ3n) is 2.91. The maximum absolute atomic E-state index is 11.7. The van der Waals surface area contributed by atoms with Gasteiger partial charge in [-0.3, -0.25) is 15.6 Å². The van der Waals surface area contributed by atoms with E-state index < -0.39 is 0 Å². The van der Waals surface area contributed by atoms with Crippen molar-refractivity contribution in [2.24, 2.45) is 0 Å². The number of methoxy groups -OCH3 is 1. The van der Waals surface area contributed by atoms with Gasteiger partial charge in [0.25, 0.3) is 5.91 Å². The molecule has 1 rings (SSSR count). The van der Waals surface area contributed by atoms with Crippen LogP contribution < -0.4 is 16.2 Å². The van der Waals surface area contributed by atoms with Crippen molar-refractivity contribution in [2.75, 3.05) is 13.7 Å². The average molecular weight is 321 g/mol. The van der Waals surface area contributed by atoms with Gasteiger partial charge in [-0.15, -0.1) is 0 Å². The minimum Gasteiger partial charge on any atom is -0.383 e. The van der Waals surface area contributed by atoms with Crippen LogP contribution in [0.25, 0.3) is 6.08 Å². The average Bonchev–Trinajstić information content (AvgIpc) is 2.51. The number of carbonyl (C=O) groups excluding carboxylic acids is 1. The maximum atomic E-state index is 11.7. The van der Waals surface area contributed by atoms with E-state index in [1.54, 1.807) is 13.2 Å². The number of hydrogen-bond acceptors (Lipinski definition) is 3. The minimum absolute atomic E-state index is 0.0644. The van der Waals surface area contributed by atoms with Crippen molar-refractivity contribution < 1.29 is 9.53 Å². The summed E-state index contributed by atoms with van der Waals surface area (Å²) in [5, 5.41) is 3.33. The predicted molar refractivity (Wildman–Crippen MR) is 93.2 cm³/mol. The van der Waals surface area contributed by atoms with Crippen molar-refractivity contribution in [2.45, 2.75) is 26.3 Å². The van der Waals surface area contributed by atoms with Crippen LogP contribution in [-0.4, -0.2) is 30.8 Å². The van der Waals surface area contributed by atoms with Crippen LogP contribution in [0.15, 0.2) is 30.3 Å². The number of hydrogen-bond donors (Lipinski definition) is 3. The Bertz CT molecular complexity index is 515. The number of aryl methyl sites for hydroxylation is 1. The molecule has 3 N–H and O–H groups in total. The SMILES string of the molecule is CCc1ccc(/C=C/C(=O)NNC(=S)N[C@@H](C)COC)cc1. The van der Waals surface area contributed by atoms with Crippen LogP contribution in [0, 0.1) is 0 Å². The number of thiocarbonyl (C=S) groups is 1. The molecule has 120 valence electrons. The van der Waals surface area contributed by atoms with Crippen molar-refractivity contribution in [3.63, 3.8) is 0 Å². The summed E-state index contributed by atoms with van der Waals surface area (Å²) in [6.45, 7) is 4.57. The van der Waals surface area contributed by atoms with Gasteiger partial charge in [-0.1, -0.05) is 31.2 Å². The number of ether oxygens (including phenoxy) is 1. The lowest BCUT2D eigenvalue weighted by atomic mass is 10.1. The molecule has 0 radical (unpaired) electrons. The van der Waals surface area contributed by atoms with Crippen molar-refractivity contribution in [1.29, 1.82) is 0 Å². The van der Waals surface area contributed by atoms with Gasteiger partial charge in [0.05, 0.1) is 6.61 Å². The fourth-order valence-electron chi connectivity index (χ4n) is 1.75. The second-order valence-corrected chi connectivity index (χ2v) is 5.28. The van der Waals surface area contributed by atoms with E-state index in [-0.39, 0.29) is 11.9 Å². The van der Waals surface area contributed by atoms with E-state index in [0.29, 0.717) is 11.7 Å². The van der Waals surface area contributed by atoms with Gasteiger partial charge in [0.1, 0.15) is 0 Å². The Balaban J connectivity index is 2.35. The van der Waals surface area contributed by atoms with Crippen LogP contribution >= 0.6 is 12.2 Å². The third-order valence-corrected chi connectivity index (χ3v) is 3.13. The normalized spacial score (nSPS) is 12.0. The van der Waals surface area contributed by atoms with Crippen molar-refractivity contribution >= 4 is 29.3 Å². The topological polar surface area (TPSA) is 62.4 Å². The van der Waals surface area contributed by atoms with Gasteiger partial charge in [-0.05, 0) is 42.8 Å². The Morgan fingerprint density at radius 1 is 1.32 bits per heavy atom. The van der Waals surface area contributed by atoms with E-state index in [1.807, 2.05) is 31.2 Å². The fourth-order valence-corrected chi connectivity index (χ4v) is 2.00. The summed E-state index contributed by atoms with van der Waals surface area (Å²) in [7, 11) is 1.62. The molecule has 1 aromatic carbocycles. The molecule has 0 heterocycles. The summed E-state index contributed by atoms with van der Waals surface area (Å²) in [5.74, 6) is -0.275. The molecular weight excluding hydrogens is 298 g/mol. The molecule has 0 unspecified atom stereocenters. The summed E-state index contributed by atoms with van der Waals surface area (Å²) in [5.41, 5.74) is 7.38. The molecule has 0 bridgehead atoms. The Morgan fingerprint density at radius 3 is 2.59 bits per heavy atom. The molecule has 1 atom stereocenters. The molecule has 1 amide bonds. The third kappa shape index (κ3) is 7.19. The van der Waals surface area contributed by atoms with Crippen LogP contribution in [0.2, 0.25) is 0 Å². The first-order valence-electron chi connectivity index (χ1n) is 7.17. The predicted octanol–water partition coefficient (Wildman–Crippen LogP) is 1.79. The van der Waals surface area contributed by atoms with Gasteiger partial charge in [-0.2, -0.15) is 0 Å². The van der Waals surface area contributed by atoms with E-state index in [9.17, 15) is 4.79 Å². The van der Waals surface area contributed by atoms with E-state index >= 15 is 0 Å². The van der Waals surface area contributed by atoms with Crippen molar-refractivity contribution in [3.8, 4) is 0 Å². The Labute approximate surface area is 137 Å². The van der Waals surface area contributed by atoms with Crippen LogP contribution in [0.5, 0.6) is 0 Å². The lowest BCUT2D eigenvalue weighted by Gasteiger charge is -2.15. The van der Waals surface area contributed by atoms with Gasteiger partial charge in [0.2, 0.25) is 0 Å². The van der Waals surface area contributed by atoms with Crippen molar-refractivity contribution in [3.05, 3.63) is 41.5 Å². The summed E-state index contributed by atoms with van der Waals surface area (Å²) in [6, 6.07) is 8.12. The second-order valence-electron chi connectivity index (χ2n) is 4.87. The quantitative estimate of drug-likeness (QED) is 0.424. The molecule has 0 aliphatic carbocycles. The largest absolute Gasteiger partial charge is 0.383 e. The zero-order valence-electron chi connectivity index (χ0n) is 13.2. The molecule has 22 heavy (non-hydrogen) atoms. The number of hydrazine groups is 1. The molecule has 0 saturated carbocycles. The van der Waals surface area contributed by atoms with Gasteiger partial charge in [-0.25, -0.2) is 0 Å². The van der Waals surface area contributed by atoms with Crippen LogP contribution in [0.3, 0.4) is 0 Å². The van der Waals surface area contributed by atoms with E-state index in [4.69, 9.17) is 17.0 Å². The molecule has 0 fully saturated rings. The Morgan fingerprint density at radius 2 is 2.00 bits per heavy atom. The van der Waals surface area contributed by atoms with Gasteiger partial charge < -0.3 is 10.1 Å². The van der Waals surface area contributed by atoms with E-state index in [2.05, 4.69) is 23.1 Å². The molecule has 0 aliphatic heterocycles. The first kappa shape index (κ1) is 18.1. The molecule has 0 aromatic heterocycles. The lowest BCUT2D eigenvalue weighted by molar-refractivity contribution is -0.116. The molecule has 0 saturated heterocycles. The lowest BCUT2D eigenvalue weighted by Crippen LogP contribution is -2.49. The van der Waals surface area contributed by atoms with E-state index in [0.717, 1.165) is 12.0 Å². The van der Waals surface area contributed by atoms with Crippen LogP contribution in [0.1, 0.15) is 25.0 Å². The number of rotatable bonds is 6. The van der Waals surface area contributed by atoms with E-state index in [1.165, 1.54) is 11.6 Å². The molecule has 0 spiro atoms. The smallest absolute Gasteiger partial charge is 0.262 e. The molecule has 6 heteroatoms. The summed E-state index contributed by atoms with van der Waals surface area (Å²) in [4.78, 5) is 11.7. The summed E-state index contributed by atoms with van der Waals surface area (Å²) >= 11 is 5.05. The maximum Gasteiger partial charge on any atom is 0.262 e. The highest BCUT2D eigenvalue weighted by Crippen LogP contribution is 2.06. The molecule has 0 aliphatic rings. The zero-order valence-corrected chi connectivity index (χ0v) is 14.0. The standard InChI is InChI=1S/C16H23N3O2S/c1-4-13-5-7-14(8-6-13)9-10-15(20)18-19-16(22)17-12(2)11-21-3/h5-10,12H,4,11H2,1-3H3,(H,18,20)(H2,17,19,22)/b10-9+/t12-/m0/s1. The first-order chi connectivity index (χ1) is 10.5. The minimum atomic E-state index is -0.275. The van der Waals surface area contributed by atoms with Gasteiger partial charge in [0, 0.05) is 19.2 Å².